The van der Waals surface area contributed by atoms with Gasteiger partial charge in [0.05, 0.1) is 0 Å². The lowest BCUT2D eigenvalue weighted by Crippen LogP contribution is -2.51. The third-order valence-electron chi connectivity index (χ3n) is 3.77. The summed E-state index contributed by atoms with van der Waals surface area (Å²) in [6, 6.07) is -0.190. The van der Waals surface area contributed by atoms with Crippen LogP contribution < -0.4 is 11.1 Å². The molecule has 0 spiro atoms. The molecule has 4 rings (SSSR count). The molecule has 3 aliphatic heterocycles. The molecule has 2 unspecified atom stereocenters. The highest BCUT2D eigenvalue weighted by molar-refractivity contribution is 5.80. The Balaban J connectivity index is 1.91. The lowest BCUT2D eigenvalue weighted by Gasteiger charge is -2.36. The Morgan fingerprint density at radius 1 is 1.50 bits per heavy atom. The highest BCUT2D eigenvalue weighted by Crippen LogP contribution is 2.32. The fourth-order valence-corrected chi connectivity index (χ4v) is 2.82. The van der Waals surface area contributed by atoms with Crippen molar-refractivity contribution in [3.63, 3.8) is 0 Å². The zero-order valence-corrected chi connectivity index (χ0v) is 9.28. The Kier molecular flexibility index (Phi) is 2.16. The first kappa shape index (κ1) is 9.75. The number of primary amides is 1. The molecule has 1 amide bonds. The molecule has 1 saturated heterocycles. The summed E-state index contributed by atoms with van der Waals surface area (Å²) in [5.41, 5.74) is 6.70. The predicted molar refractivity (Wildman–Crippen MR) is 61.2 cm³/mol. The van der Waals surface area contributed by atoms with Gasteiger partial charge < -0.3 is 16.0 Å². The fraction of sp³-hybridized carbons (Fsp3) is 0.583. The van der Waals surface area contributed by atoms with E-state index in [0.29, 0.717) is 5.92 Å². The number of amides is 1. The van der Waals surface area contributed by atoms with Crippen molar-refractivity contribution in [1.82, 2.24) is 10.2 Å². The summed E-state index contributed by atoms with van der Waals surface area (Å²) in [6.07, 6.45) is 7.67. The fourth-order valence-electron chi connectivity index (χ4n) is 2.82. The Labute approximate surface area is 95.2 Å². The number of allylic oxidation sites excluding steroid dienone is 2. The normalized spacial score (nSPS) is 32.1. The smallest absolute Gasteiger partial charge is 0.240 e. The average Bonchev–Trinajstić information content (AvgIpc) is 2.57. The van der Waals surface area contributed by atoms with Crippen molar-refractivity contribution < 1.29 is 4.79 Å². The van der Waals surface area contributed by atoms with E-state index in [0.717, 1.165) is 31.8 Å². The first-order valence-corrected chi connectivity index (χ1v) is 5.96. The monoisotopic (exact) mass is 219 g/mol. The molecule has 4 nitrogen and oxygen atoms in total. The van der Waals surface area contributed by atoms with Gasteiger partial charge in [0.15, 0.2) is 0 Å². The van der Waals surface area contributed by atoms with Gasteiger partial charge in [0, 0.05) is 13.1 Å². The molecule has 86 valence electrons. The van der Waals surface area contributed by atoms with E-state index in [-0.39, 0.29) is 11.9 Å². The van der Waals surface area contributed by atoms with Crippen LogP contribution in [-0.4, -0.2) is 29.9 Å². The standard InChI is InChI=1S/C12H17N3O/c13-11(16)10-5-6-15-7-8-1-3-9(4-2-8)12(15)14-10/h1,3,8,10,14H,2,4-7H2,(H2,13,16). The van der Waals surface area contributed by atoms with Gasteiger partial charge in [-0.1, -0.05) is 12.2 Å². The van der Waals surface area contributed by atoms with Gasteiger partial charge >= 0.3 is 0 Å². The van der Waals surface area contributed by atoms with Gasteiger partial charge in [-0.05, 0) is 30.8 Å². The molecule has 16 heavy (non-hydrogen) atoms. The second-order valence-electron chi connectivity index (χ2n) is 4.87. The summed E-state index contributed by atoms with van der Waals surface area (Å²) in [6.45, 7) is 2.02. The van der Waals surface area contributed by atoms with E-state index in [2.05, 4.69) is 22.4 Å². The number of hydrogen-bond acceptors (Lipinski definition) is 3. The molecule has 0 saturated carbocycles. The number of carbonyl (C=O) groups excluding carboxylic acids is 1. The second-order valence-corrected chi connectivity index (χ2v) is 4.87. The molecule has 2 bridgehead atoms. The van der Waals surface area contributed by atoms with Crippen LogP contribution in [0.15, 0.2) is 23.5 Å². The molecule has 0 aromatic heterocycles. The maximum Gasteiger partial charge on any atom is 0.240 e. The lowest BCUT2D eigenvalue weighted by molar-refractivity contribution is -0.120. The molecule has 3 heterocycles. The van der Waals surface area contributed by atoms with Gasteiger partial charge in [-0.2, -0.15) is 0 Å². The number of fused-ring (bicyclic) bond motifs is 1. The van der Waals surface area contributed by atoms with E-state index in [1.165, 1.54) is 12.0 Å². The first-order valence-electron chi connectivity index (χ1n) is 5.96. The summed E-state index contributed by atoms with van der Waals surface area (Å²) in [5, 5.41) is 3.30. The summed E-state index contributed by atoms with van der Waals surface area (Å²) >= 11 is 0. The van der Waals surface area contributed by atoms with E-state index in [1.54, 1.807) is 0 Å². The summed E-state index contributed by atoms with van der Waals surface area (Å²) < 4.78 is 0. The van der Waals surface area contributed by atoms with E-state index in [9.17, 15) is 4.79 Å². The quantitative estimate of drug-likeness (QED) is 0.668. The van der Waals surface area contributed by atoms with Crippen LogP contribution >= 0.6 is 0 Å². The van der Waals surface area contributed by atoms with Gasteiger partial charge in [0.1, 0.15) is 11.9 Å². The third kappa shape index (κ3) is 1.49. The molecule has 4 aliphatic rings. The van der Waals surface area contributed by atoms with E-state index < -0.39 is 0 Å². The minimum absolute atomic E-state index is 0.190. The number of hydrogen-bond donors (Lipinski definition) is 2. The van der Waals surface area contributed by atoms with Gasteiger partial charge in [0.25, 0.3) is 0 Å². The second kappa shape index (κ2) is 3.54. The highest BCUT2D eigenvalue weighted by Gasteiger charge is 2.31. The van der Waals surface area contributed by atoms with E-state index >= 15 is 0 Å². The van der Waals surface area contributed by atoms with Crippen LogP contribution in [0.25, 0.3) is 0 Å². The average molecular weight is 219 g/mol. The van der Waals surface area contributed by atoms with Crippen LogP contribution in [0.1, 0.15) is 19.3 Å². The number of nitrogens with zero attached hydrogens (tertiary/aromatic N) is 1. The maximum atomic E-state index is 11.2. The van der Waals surface area contributed by atoms with Crippen molar-refractivity contribution in [2.45, 2.75) is 25.3 Å². The third-order valence-corrected chi connectivity index (χ3v) is 3.77. The molecule has 3 N–H and O–H groups in total. The molecule has 1 fully saturated rings. The number of carbonyl (C=O) groups is 1. The Morgan fingerprint density at radius 3 is 3.06 bits per heavy atom. The zero-order valence-electron chi connectivity index (χ0n) is 9.28. The minimum atomic E-state index is -0.240. The van der Waals surface area contributed by atoms with Crippen LogP contribution in [0.5, 0.6) is 0 Å². The number of rotatable bonds is 1. The summed E-state index contributed by atoms with van der Waals surface area (Å²) in [7, 11) is 0. The minimum Gasteiger partial charge on any atom is -0.368 e. The van der Waals surface area contributed by atoms with Crippen LogP contribution in [0.2, 0.25) is 0 Å². The highest BCUT2D eigenvalue weighted by atomic mass is 16.1. The molecule has 0 aromatic rings. The van der Waals surface area contributed by atoms with E-state index in [1.807, 2.05) is 0 Å². The molecule has 0 aromatic carbocycles. The van der Waals surface area contributed by atoms with Crippen LogP contribution in [-0.2, 0) is 4.79 Å². The predicted octanol–water partition coefficient (Wildman–Crippen LogP) is 0.327. The molecule has 1 aliphatic carbocycles. The molecule has 4 heteroatoms. The molecule has 0 radical (unpaired) electrons. The van der Waals surface area contributed by atoms with Gasteiger partial charge in [0.2, 0.25) is 5.91 Å². The number of nitrogens with one attached hydrogen (secondary N) is 1. The van der Waals surface area contributed by atoms with Crippen LogP contribution in [0, 0.1) is 5.92 Å². The van der Waals surface area contributed by atoms with Crippen molar-refractivity contribution in [3.05, 3.63) is 23.5 Å². The van der Waals surface area contributed by atoms with Gasteiger partial charge in [-0.25, -0.2) is 0 Å². The van der Waals surface area contributed by atoms with Gasteiger partial charge in [-0.3, -0.25) is 4.79 Å². The summed E-state index contributed by atoms with van der Waals surface area (Å²) in [5.74, 6) is 1.58. The Bertz CT molecular complexity index is 386. The van der Waals surface area contributed by atoms with Crippen molar-refractivity contribution in [2.24, 2.45) is 11.7 Å². The first-order chi connectivity index (χ1) is 7.74. The Morgan fingerprint density at radius 2 is 2.38 bits per heavy atom. The SMILES string of the molecule is NC(=O)C1CCN2CC3C=CC(=C2N1)CC3. The zero-order chi connectivity index (χ0) is 11.1. The largest absolute Gasteiger partial charge is 0.368 e. The van der Waals surface area contributed by atoms with Gasteiger partial charge in [-0.15, -0.1) is 0 Å². The number of nitrogens with two attached hydrogens (primary N) is 1. The van der Waals surface area contributed by atoms with Crippen molar-refractivity contribution in [1.29, 1.82) is 0 Å². The van der Waals surface area contributed by atoms with Crippen molar-refractivity contribution in [2.75, 3.05) is 13.1 Å². The molecular weight excluding hydrogens is 202 g/mol. The topological polar surface area (TPSA) is 58.4 Å². The van der Waals surface area contributed by atoms with Crippen molar-refractivity contribution in [3.8, 4) is 0 Å². The molecule has 2 atom stereocenters. The van der Waals surface area contributed by atoms with Crippen molar-refractivity contribution >= 4 is 5.91 Å². The van der Waals surface area contributed by atoms with Crippen LogP contribution in [0.3, 0.4) is 0 Å². The summed E-state index contributed by atoms with van der Waals surface area (Å²) in [4.78, 5) is 13.6. The molecular formula is C12H17N3O. The van der Waals surface area contributed by atoms with Crippen LogP contribution in [0.4, 0.5) is 0 Å². The lowest BCUT2D eigenvalue weighted by atomic mass is 9.94. The van der Waals surface area contributed by atoms with E-state index in [4.69, 9.17) is 5.73 Å². The Hall–Kier alpha value is -1.45. The maximum absolute atomic E-state index is 11.2.